The molecule has 10 heteroatoms. The van der Waals surface area contributed by atoms with E-state index < -0.39 is 20.9 Å². The Morgan fingerprint density at radius 3 is 2.52 bits per heavy atom. The number of methoxy groups -OCH3 is 1. The van der Waals surface area contributed by atoms with Crippen molar-refractivity contribution in [2.45, 2.75) is 17.7 Å². The lowest BCUT2D eigenvalue weighted by atomic mass is 10.0. The number of fused-ring (bicyclic) bond motifs is 1. The number of aryl methyl sites for hydroxylation is 1. The van der Waals surface area contributed by atoms with Gasteiger partial charge in [0, 0.05) is 18.3 Å². The molecule has 0 fully saturated rings. The van der Waals surface area contributed by atoms with Crippen LogP contribution in [0.2, 0.25) is 0 Å². The van der Waals surface area contributed by atoms with E-state index in [2.05, 4.69) is 5.32 Å². The average Bonchev–Trinajstić information content (AvgIpc) is 2.83. The van der Waals surface area contributed by atoms with Gasteiger partial charge >= 0.3 is 0 Å². The van der Waals surface area contributed by atoms with Crippen molar-refractivity contribution in [2.75, 3.05) is 23.3 Å². The Balaban J connectivity index is 1.66. The summed E-state index contributed by atoms with van der Waals surface area (Å²) < 4.78 is 33.1. The summed E-state index contributed by atoms with van der Waals surface area (Å²) in [4.78, 5) is 23.5. The zero-order chi connectivity index (χ0) is 23.6. The summed E-state index contributed by atoms with van der Waals surface area (Å²) in [7, 11) is -2.34. The van der Waals surface area contributed by atoms with Gasteiger partial charge in [-0.1, -0.05) is 18.2 Å². The van der Waals surface area contributed by atoms with E-state index in [9.17, 15) is 23.3 Å². The number of carbonyl (C=O) groups excluding carboxylic acids is 1. The fraction of sp³-hybridized carbons (Fsp3) is 0.174. The van der Waals surface area contributed by atoms with Crippen LogP contribution in [-0.4, -0.2) is 32.9 Å². The molecule has 4 rings (SSSR count). The number of nitro groups is 1. The zero-order valence-corrected chi connectivity index (χ0v) is 18.5. The number of benzene rings is 3. The fourth-order valence-electron chi connectivity index (χ4n) is 3.77. The van der Waals surface area contributed by atoms with E-state index in [1.807, 2.05) is 0 Å². The molecule has 3 aromatic rings. The Hall–Kier alpha value is -3.92. The van der Waals surface area contributed by atoms with Gasteiger partial charge in [-0.25, -0.2) is 8.42 Å². The summed E-state index contributed by atoms with van der Waals surface area (Å²) in [6.45, 7) is 0.295. The molecule has 3 aromatic carbocycles. The summed E-state index contributed by atoms with van der Waals surface area (Å²) in [6.07, 6.45) is 1.35. The highest BCUT2D eigenvalue weighted by Crippen LogP contribution is 2.35. The van der Waals surface area contributed by atoms with E-state index in [1.54, 1.807) is 30.3 Å². The van der Waals surface area contributed by atoms with Gasteiger partial charge in [-0.2, -0.15) is 0 Å². The van der Waals surface area contributed by atoms with Crippen LogP contribution in [0.3, 0.4) is 0 Å². The molecule has 1 N–H and O–H groups in total. The molecule has 0 saturated heterocycles. The first-order chi connectivity index (χ1) is 15.8. The molecule has 0 atom stereocenters. The second kappa shape index (κ2) is 8.91. The molecule has 33 heavy (non-hydrogen) atoms. The molecule has 0 bridgehead atoms. The number of carbonyl (C=O) groups is 1. The van der Waals surface area contributed by atoms with Gasteiger partial charge in [0.15, 0.2) is 0 Å². The second-order valence-electron chi connectivity index (χ2n) is 7.43. The van der Waals surface area contributed by atoms with Crippen molar-refractivity contribution in [1.29, 1.82) is 0 Å². The molecule has 170 valence electrons. The lowest BCUT2D eigenvalue weighted by Gasteiger charge is -2.31. The molecule has 0 saturated carbocycles. The van der Waals surface area contributed by atoms with Gasteiger partial charge in [-0.3, -0.25) is 19.2 Å². The molecule has 0 unspecified atom stereocenters. The third-order valence-corrected chi connectivity index (χ3v) is 7.24. The van der Waals surface area contributed by atoms with E-state index in [0.717, 1.165) is 5.56 Å². The van der Waals surface area contributed by atoms with Crippen LogP contribution in [0.1, 0.15) is 22.3 Å². The highest BCUT2D eigenvalue weighted by atomic mass is 32.2. The van der Waals surface area contributed by atoms with Gasteiger partial charge < -0.3 is 10.1 Å². The van der Waals surface area contributed by atoms with E-state index >= 15 is 0 Å². The Bertz CT molecular complexity index is 1320. The molecule has 0 radical (unpaired) electrons. The molecule has 0 spiro atoms. The smallest absolute Gasteiger partial charge is 0.282 e. The predicted molar refractivity (Wildman–Crippen MR) is 123 cm³/mol. The summed E-state index contributed by atoms with van der Waals surface area (Å²) in [5.74, 6) is -0.101. The number of hydrogen-bond acceptors (Lipinski definition) is 6. The summed E-state index contributed by atoms with van der Waals surface area (Å²) in [5, 5.41) is 13.9. The van der Waals surface area contributed by atoms with Crippen LogP contribution in [0.4, 0.5) is 17.1 Å². The minimum Gasteiger partial charge on any atom is -0.497 e. The van der Waals surface area contributed by atoms with Crippen molar-refractivity contribution >= 4 is 33.0 Å². The number of amides is 1. The Labute approximate surface area is 190 Å². The first-order valence-electron chi connectivity index (χ1n) is 10.2. The SMILES string of the molecule is COc1ccc(S(=O)(=O)N2CCCc3ccc(NC(=O)c4ccccc4[N+](=O)[O-])cc32)cc1. The number of ether oxygens (including phenoxy) is 1. The van der Waals surface area contributed by atoms with Crippen molar-refractivity contribution in [1.82, 2.24) is 0 Å². The van der Waals surface area contributed by atoms with Gasteiger partial charge in [0.2, 0.25) is 0 Å². The Kier molecular flexibility index (Phi) is 6.01. The highest BCUT2D eigenvalue weighted by molar-refractivity contribution is 7.92. The number of nitrogens with zero attached hydrogens (tertiary/aromatic N) is 2. The minimum absolute atomic E-state index is 0.0806. The van der Waals surface area contributed by atoms with Gasteiger partial charge in [0.1, 0.15) is 11.3 Å². The van der Waals surface area contributed by atoms with E-state index in [0.29, 0.717) is 36.5 Å². The topological polar surface area (TPSA) is 119 Å². The van der Waals surface area contributed by atoms with Crippen LogP contribution in [0.5, 0.6) is 5.75 Å². The number of hydrogen-bond donors (Lipinski definition) is 1. The standard InChI is InChI=1S/C23H21N3O6S/c1-32-18-10-12-19(13-11-18)33(30,31)25-14-4-5-16-8-9-17(15-22(16)25)24-23(27)20-6-2-3-7-21(20)26(28)29/h2-3,6-13,15H,4-5,14H2,1H3,(H,24,27). The number of nitro benzene ring substituents is 1. The largest absolute Gasteiger partial charge is 0.497 e. The zero-order valence-electron chi connectivity index (χ0n) is 17.7. The average molecular weight is 468 g/mol. The second-order valence-corrected chi connectivity index (χ2v) is 9.29. The van der Waals surface area contributed by atoms with Crippen molar-refractivity contribution in [3.63, 3.8) is 0 Å². The number of sulfonamides is 1. The van der Waals surface area contributed by atoms with E-state index in [1.165, 1.54) is 47.8 Å². The molecule has 1 heterocycles. The van der Waals surface area contributed by atoms with E-state index in [4.69, 9.17) is 4.74 Å². The first kappa shape index (κ1) is 22.3. The van der Waals surface area contributed by atoms with E-state index in [-0.39, 0.29) is 16.1 Å². The Morgan fingerprint density at radius 1 is 1.09 bits per heavy atom. The van der Waals surface area contributed by atoms with Crippen molar-refractivity contribution < 1.29 is 22.9 Å². The molecule has 0 aliphatic carbocycles. The third kappa shape index (κ3) is 4.37. The van der Waals surface area contributed by atoms with Crippen molar-refractivity contribution in [2.24, 2.45) is 0 Å². The fourth-order valence-corrected chi connectivity index (χ4v) is 5.30. The molecular formula is C23H21N3O6S. The van der Waals surface area contributed by atoms with Crippen LogP contribution >= 0.6 is 0 Å². The maximum atomic E-state index is 13.3. The van der Waals surface area contributed by atoms with Crippen LogP contribution in [0.25, 0.3) is 0 Å². The van der Waals surface area contributed by atoms with Gasteiger partial charge in [-0.15, -0.1) is 0 Å². The maximum Gasteiger partial charge on any atom is 0.282 e. The number of rotatable bonds is 6. The number of anilines is 2. The number of nitrogens with one attached hydrogen (secondary N) is 1. The summed E-state index contributed by atoms with van der Waals surface area (Å²) >= 11 is 0. The molecule has 1 amide bonds. The molecule has 0 aromatic heterocycles. The molecule has 9 nitrogen and oxygen atoms in total. The van der Waals surface area contributed by atoms with Crippen molar-refractivity contribution in [3.05, 3.63) is 88.0 Å². The van der Waals surface area contributed by atoms with Crippen LogP contribution in [0, 0.1) is 10.1 Å². The lowest BCUT2D eigenvalue weighted by molar-refractivity contribution is -0.385. The van der Waals surface area contributed by atoms with Crippen LogP contribution in [0.15, 0.2) is 71.6 Å². The monoisotopic (exact) mass is 467 g/mol. The van der Waals surface area contributed by atoms with Crippen molar-refractivity contribution in [3.8, 4) is 5.75 Å². The molecule has 1 aliphatic heterocycles. The summed E-state index contributed by atoms with van der Waals surface area (Å²) in [5.41, 5.74) is 1.26. The lowest BCUT2D eigenvalue weighted by Crippen LogP contribution is -2.35. The molecular weight excluding hydrogens is 446 g/mol. The van der Waals surface area contributed by atoms with Crippen LogP contribution in [-0.2, 0) is 16.4 Å². The highest BCUT2D eigenvalue weighted by Gasteiger charge is 2.30. The van der Waals surface area contributed by atoms with Crippen LogP contribution < -0.4 is 14.4 Å². The maximum absolute atomic E-state index is 13.3. The quantitative estimate of drug-likeness (QED) is 0.432. The summed E-state index contributed by atoms with van der Waals surface area (Å²) in [6, 6.07) is 16.8. The Morgan fingerprint density at radius 2 is 1.82 bits per heavy atom. The number of para-hydroxylation sites is 1. The normalized spacial score (nSPS) is 13.2. The first-order valence-corrected chi connectivity index (χ1v) is 11.6. The van der Waals surface area contributed by atoms with Gasteiger partial charge in [0.25, 0.3) is 21.6 Å². The minimum atomic E-state index is -3.84. The molecule has 1 aliphatic rings. The van der Waals surface area contributed by atoms with Gasteiger partial charge in [0.05, 0.1) is 22.6 Å². The predicted octanol–water partition coefficient (Wildman–Crippen LogP) is 4.00. The third-order valence-electron chi connectivity index (χ3n) is 5.41. The van der Waals surface area contributed by atoms with Gasteiger partial charge in [-0.05, 0) is 60.9 Å².